The summed E-state index contributed by atoms with van der Waals surface area (Å²) in [6.07, 6.45) is -0.236. The third kappa shape index (κ3) is 19.4. The average molecular weight is 485 g/mol. The monoisotopic (exact) mass is 484 g/mol. The molecular formula is C20H37FN2O8S. The molecule has 0 aliphatic heterocycles. The van der Waals surface area contributed by atoms with Gasteiger partial charge in [-0.25, -0.2) is 4.39 Å². The predicted octanol–water partition coefficient (Wildman–Crippen LogP) is 0.821. The molecule has 188 valence electrons. The summed E-state index contributed by atoms with van der Waals surface area (Å²) >= 11 is 0.914. The Labute approximate surface area is 193 Å². The van der Waals surface area contributed by atoms with Crippen molar-refractivity contribution in [3.05, 3.63) is 0 Å². The quantitative estimate of drug-likeness (QED) is 0.228. The SMILES string of the molecule is CSC(=O)NCC(F)C(=O)NCCOCCOCCOCCOCCOCC(=O)C(C)C. The Morgan fingerprint density at radius 2 is 1.25 bits per heavy atom. The Kier molecular flexibility index (Phi) is 20.6. The minimum atomic E-state index is -1.80. The lowest BCUT2D eigenvalue weighted by atomic mass is 10.1. The van der Waals surface area contributed by atoms with E-state index < -0.39 is 12.1 Å². The van der Waals surface area contributed by atoms with E-state index in [1.54, 1.807) is 6.26 Å². The molecule has 0 bridgehead atoms. The third-order valence-corrected chi connectivity index (χ3v) is 4.33. The van der Waals surface area contributed by atoms with Crippen LogP contribution in [0.3, 0.4) is 0 Å². The molecule has 0 rings (SSSR count). The van der Waals surface area contributed by atoms with Gasteiger partial charge in [0.1, 0.15) is 6.61 Å². The first-order valence-electron chi connectivity index (χ1n) is 10.5. The molecule has 0 spiro atoms. The van der Waals surface area contributed by atoms with Gasteiger partial charge in [0.15, 0.2) is 12.0 Å². The van der Waals surface area contributed by atoms with Gasteiger partial charge in [-0.2, -0.15) is 0 Å². The number of ether oxygens (including phenoxy) is 5. The van der Waals surface area contributed by atoms with Crippen LogP contribution in [0.15, 0.2) is 0 Å². The second-order valence-electron chi connectivity index (χ2n) is 6.75. The van der Waals surface area contributed by atoms with Crippen molar-refractivity contribution >= 4 is 28.7 Å². The van der Waals surface area contributed by atoms with Crippen molar-refractivity contribution in [3.8, 4) is 0 Å². The van der Waals surface area contributed by atoms with E-state index in [1.165, 1.54) is 0 Å². The molecular weight excluding hydrogens is 447 g/mol. The zero-order valence-electron chi connectivity index (χ0n) is 19.2. The molecule has 0 saturated carbocycles. The first-order valence-corrected chi connectivity index (χ1v) is 11.8. The molecule has 0 radical (unpaired) electrons. The Morgan fingerprint density at radius 1 is 0.781 bits per heavy atom. The van der Waals surface area contributed by atoms with Crippen LogP contribution in [0.5, 0.6) is 0 Å². The molecule has 32 heavy (non-hydrogen) atoms. The van der Waals surface area contributed by atoms with Crippen molar-refractivity contribution in [2.45, 2.75) is 20.0 Å². The van der Waals surface area contributed by atoms with Gasteiger partial charge in [-0.1, -0.05) is 25.6 Å². The van der Waals surface area contributed by atoms with Crippen LogP contribution in [0.2, 0.25) is 0 Å². The van der Waals surface area contributed by atoms with E-state index >= 15 is 0 Å². The maximum Gasteiger partial charge on any atom is 0.278 e. The molecule has 0 aliphatic rings. The third-order valence-electron chi connectivity index (χ3n) is 3.82. The van der Waals surface area contributed by atoms with Crippen molar-refractivity contribution in [2.24, 2.45) is 5.92 Å². The zero-order chi connectivity index (χ0) is 24.0. The number of thioether (sulfide) groups is 1. The van der Waals surface area contributed by atoms with E-state index in [0.717, 1.165) is 11.8 Å². The molecule has 0 aromatic rings. The highest BCUT2D eigenvalue weighted by Crippen LogP contribution is 1.95. The molecule has 0 heterocycles. The fourth-order valence-electron chi connectivity index (χ4n) is 1.91. The lowest BCUT2D eigenvalue weighted by molar-refractivity contribution is -0.127. The minimum Gasteiger partial charge on any atom is -0.377 e. The van der Waals surface area contributed by atoms with E-state index in [-0.39, 0.29) is 43.2 Å². The lowest BCUT2D eigenvalue weighted by Crippen LogP contribution is -2.40. The van der Waals surface area contributed by atoms with Gasteiger partial charge in [0, 0.05) is 12.5 Å². The number of hydrogen-bond acceptors (Lipinski definition) is 9. The van der Waals surface area contributed by atoms with E-state index in [2.05, 4.69) is 10.6 Å². The number of hydrogen-bond donors (Lipinski definition) is 2. The van der Waals surface area contributed by atoms with E-state index in [1.807, 2.05) is 13.8 Å². The molecule has 0 aliphatic carbocycles. The zero-order valence-corrected chi connectivity index (χ0v) is 20.0. The Bertz CT molecular complexity index is 514. The lowest BCUT2D eigenvalue weighted by Gasteiger charge is -2.10. The van der Waals surface area contributed by atoms with Crippen LogP contribution in [0.1, 0.15) is 13.8 Å². The molecule has 0 saturated heterocycles. The van der Waals surface area contributed by atoms with Crippen molar-refractivity contribution in [2.75, 3.05) is 85.4 Å². The fraction of sp³-hybridized carbons (Fsp3) is 0.850. The molecule has 10 nitrogen and oxygen atoms in total. The van der Waals surface area contributed by atoms with Gasteiger partial charge in [-0.05, 0) is 6.26 Å². The second kappa shape index (κ2) is 21.5. The summed E-state index contributed by atoms with van der Waals surface area (Å²) < 4.78 is 40.0. The van der Waals surface area contributed by atoms with E-state index in [4.69, 9.17) is 23.7 Å². The predicted molar refractivity (Wildman–Crippen MR) is 119 cm³/mol. The summed E-state index contributed by atoms with van der Waals surface area (Å²) in [5.41, 5.74) is 0. The van der Waals surface area contributed by atoms with Gasteiger partial charge in [-0.15, -0.1) is 0 Å². The van der Waals surface area contributed by atoms with Crippen molar-refractivity contribution < 1.29 is 42.5 Å². The van der Waals surface area contributed by atoms with Gasteiger partial charge in [0.05, 0.1) is 66.0 Å². The summed E-state index contributed by atoms with van der Waals surface area (Å²) in [4.78, 5) is 33.8. The summed E-state index contributed by atoms with van der Waals surface area (Å²) in [6, 6.07) is 0. The Morgan fingerprint density at radius 3 is 1.72 bits per heavy atom. The summed E-state index contributed by atoms with van der Waals surface area (Å²) in [5, 5.41) is 4.28. The molecule has 0 fully saturated rings. The van der Waals surface area contributed by atoms with Crippen LogP contribution in [-0.2, 0) is 33.3 Å². The number of rotatable bonds is 21. The van der Waals surface area contributed by atoms with E-state index in [0.29, 0.717) is 52.9 Å². The van der Waals surface area contributed by atoms with Gasteiger partial charge in [-0.3, -0.25) is 14.4 Å². The number of amides is 2. The molecule has 1 unspecified atom stereocenters. The van der Waals surface area contributed by atoms with Crippen molar-refractivity contribution in [3.63, 3.8) is 0 Å². The number of Topliss-reactive ketones (excluding diaryl/α,β-unsaturated/α-hetero) is 1. The number of carbonyl (C=O) groups is 3. The van der Waals surface area contributed by atoms with Crippen LogP contribution < -0.4 is 10.6 Å². The van der Waals surface area contributed by atoms with Gasteiger partial charge in [0.25, 0.3) is 11.1 Å². The molecule has 0 aromatic carbocycles. The number of alkyl halides is 1. The summed E-state index contributed by atoms with van der Waals surface area (Å²) in [6.45, 7) is 6.99. The van der Waals surface area contributed by atoms with Crippen LogP contribution in [0.25, 0.3) is 0 Å². The van der Waals surface area contributed by atoms with Crippen molar-refractivity contribution in [1.29, 1.82) is 0 Å². The van der Waals surface area contributed by atoms with Crippen LogP contribution in [0, 0.1) is 5.92 Å². The minimum absolute atomic E-state index is 0.0199. The Balaban J connectivity index is 3.29. The number of nitrogens with one attached hydrogen (secondary N) is 2. The largest absolute Gasteiger partial charge is 0.377 e. The first kappa shape index (κ1) is 30.7. The highest BCUT2D eigenvalue weighted by molar-refractivity contribution is 8.12. The first-order chi connectivity index (χ1) is 15.4. The van der Waals surface area contributed by atoms with Crippen LogP contribution in [-0.4, -0.2) is 109 Å². The standard InChI is InChI=1S/C20H37FN2O8S/c1-16(2)18(24)15-31-13-12-30-11-10-29-9-8-28-7-6-27-5-4-22-19(25)17(21)14-23-20(26)32-3/h16-17H,4-15H2,1-3H3,(H,22,25)(H,23,26). The number of ketones is 1. The molecule has 1 atom stereocenters. The van der Waals surface area contributed by atoms with E-state index in [9.17, 15) is 18.8 Å². The topological polar surface area (TPSA) is 121 Å². The normalized spacial score (nSPS) is 12.0. The fourth-order valence-corrected chi connectivity index (χ4v) is 2.14. The average Bonchev–Trinajstić information content (AvgIpc) is 2.78. The highest BCUT2D eigenvalue weighted by Gasteiger charge is 2.17. The number of carbonyl (C=O) groups excluding carboxylic acids is 3. The summed E-state index contributed by atoms with van der Waals surface area (Å²) in [5.74, 6) is -0.736. The number of halogens is 1. The smallest absolute Gasteiger partial charge is 0.278 e. The van der Waals surface area contributed by atoms with Crippen LogP contribution in [0.4, 0.5) is 9.18 Å². The maximum absolute atomic E-state index is 13.5. The van der Waals surface area contributed by atoms with Crippen LogP contribution >= 0.6 is 11.8 Å². The second-order valence-corrected chi connectivity index (χ2v) is 7.53. The maximum atomic E-state index is 13.5. The van der Waals surface area contributed by atoms with Gasteiger partial charge in [0.2, 0.25) is 0 Å². The van der Waals surface area contributed by atoms with Gasteiger partial charge >= 0.3 is 0 Å². The van der Waals surface area contributed by atoms with Crippen molar-refractivity contribution in [1.82, 2.24) is 10.6 Å². The molecule has 12 heteroatoms. The molecule has 2 amide bonds. The highest BCUT2D eigenvalue weighted by atomic mass is 32.2. The molecule has 0 aromatic heterocycles. The molecule has 2 N–H and O–H groups in total. The Hall–Kier alpha value is -1.31. The van der Waals surface area contributed by atoms with Gasteiger partial charge < -0.3 is 34.3 Å². The summed E-state index contributed by atoms with van der Waals surface area (Å²) in [7, 11) is 0.